The SMILES string of the molecule is O=C(CCn1ccnc1)N1CCCCC1c1nc2ccccc2s1. The molecule has 6 heteroatoms. The molecule has 0 radical (unpaired) electrons. The van der Waals surface area contributed by atoms with Gasteiger partial charge in [0.05, 0.1) is 22.6 Å². The van der Waals surface area contributed by atoms with E-state index < -0.39 is 0 Å². The normalized spacial score (nSPS) is 18.2. The second-order valence-corrected chi connectivity index (χ2v) is 7.23. The first-order valence-corrected chi connectivity index (χ1v) is 9.23. The summed E-state index contributed by atoms with van der Waals surface area (Å²) in [5.74, 6) is 0.215. The molecule has 3 aromatic rings. The van der Waals surface area contributed by atoms with Gasteiger partial charge in [0.15, 0.2) is 0 Å². The van der Waals surface area contributed by atoms with E-state index in [1.54, 1.807) is 23.9 Å². The third kappa shape index (κ3) is 3.06. The lowest BCUT2D eigenvalue weighted by Gasteiger charge is -2.34. The first kappa shape index (κ1) is 15.3. The van der Waals surface area contributed by atoms with E-state index in [9.17, 15) is 4.79 Å². The minimum atomic E-state index is 0.131. The van der Waals surface area contributed by atoms with Crippen molar-refractivity contribution in [1.29, 1.82) is 0 Å². The third-order valence-electron chi connectivity index (χ3n) is 4.56. The Morgan fingerprint density at radius 2 is 2.21 bits per heavy atom. The maximum Gasteiger partial charge on any atom is 0.224 e. The Morgan fingerprint density at radius 3 is 3.04 bits per heavy atom. The zero-order valence-electron chi connectivity index (χ0n) is 13.5. The van der Waals surface area contributed by atoms with E-state index in [1.165, 1.54) is 4.70 Å². The number of imidazole rings is 1. The average molecular weight is 340 g/mol. The van der Waals surface area contributed by atoms with Gasteiger partial charge < -0.3 is 9.47 Å². The number of nitrogens with zero attached hydrogens (tertiary/aromatic N) is 4. The summed E-state index contributed by atoms with van der Waals surface area (Å²) in [6, 6.07) is 8.33. The number of aryl methyl sites for hydroxylation is 1. The molecular formula is C18H20N4OS. The van der Waals surface area contributed by atoms with Crippen LogP contribution in [0.4, 0.5) is 0 Å². The highest BCUT2D eigenvalue weighted by molar-refractivity contribution is 7.18. The lowest BCUT2D eigenvalue weighted by atomic mass is 10.0. The van der Waals surface area contributed by atoms with Crippen LogP contribution in [-0.4, -0.2) is 31.9 Å². The number of carbonyl (C=O) groups is 1. The molecule has 2 aromatic heterocycles. The van der Waals surface area contributed by atoms with Crippen molar-refractivity contribution in [3.8, 4) is 0 Å². The van der Waals surface area contributed by atoms with E-state index >= 15 is 0 Å². The van der Waals surface area contributed by atoms with Gasteiger partial charge in [0.1, 0.15) is 5.01 Å². The fourth-order valence-corrected chi connectivity index (χ4v) is 4.42. The summed E-state index contributed by atoms with van der Waals surface area (Å²) in [6.07, 6.45) is 9.16. The van der Waals surface area contributed by atoms with Crippen molar-refractivity contribution in [2.24, 2.45) is 0 Å². The fourth-order valence-electron chi connectivity index (χ4n) is 3.31. The molecule has 0 aliphatic carbocycles. The van der Waals surface area contributed by atoms with Gasteiger partial charge in [-0.3, -0.25) is 4.79 Å². The highest BCUT2D eigenvalue weighted by Gasteiger charge is 2.29. The van der Waals surface area contributed by atoms with Crippen LogP contribution in [-0.2, 0) is 11.3 Å². The number of rotatable bonds is 4. The standard InChI is InChI=1S/C18H20N4OS/c23-17(8-11-21-12-9-19-13-21)22-10-4-3-6-15(22)18-20-14-5-1-2-7-16(14)24-18/h1-2,5,7,9,12-13,15H,3-4,6,8,10-11H2. The van der Waals surface area contributed by atoms with Gasteiger partial charge in [0, 0.05) is 31.9 Å². The van der Waals surface area contributed by atoms with Gasteiger partial charge in [-0.15, -0.1) is 11.3 Å². The predicted octanol–water partition coefficient (Wildman–Crippen LogP) is 3.64. The number of benzene rings is 1. The molecule has 1 fully saturated rings. The lowest BCUT2D eigenvalue weighted by Crippen LogP contribution is -2.38. The van der Waals surface area contributed by atoms with Crippen LogP contribution in [0, 0.1) is 0 Å². The van der Waals surface area contributed by atoms with Gasteiger partial charge in [-0.25, -0.2) is 9.97 Å². The number of carbonyl (C=O) groups excluding carboxylic acids is 1. The van der Waals surface area contributed by atoms with E-state index in [0.717, 1.165) is 36.3 Å². The summed E-state index contributed by atoms with van der Waals surface area (Å²) >= 11 is 1.72. The van der Waals surface area contributed by atoms with Crippen LogP contribution in [0.3, 0.4) is 0 Å². The number of hydrogen-bond donors (Lipinski definition) is 0. The highest BCUT2D eigenvalue weighted by Crippen LogP contribution is 2.35. The van der Waals surface area contributed by atoms with Crippen molar-refractivity contribution in [3.05, 3.63) is 48.0 Å². The van der Waals surface area contributed by atoms with Gasteiger partial charge in [0.2, 0.25) is 5.91 Å². The molecule has 1 aliphatic heterocycles. The number of amides is 1. The number of fused-ring (bicyclic) bond motifs is 1. The van der Waals surface area contributed by atoms with Crippen LogP contribution in [0.1, 0.15) is 36.7 Å². The molecule has 1 unspecified atom stereocenters. The van der Waals surface area contributed by atoms with E-state index in [4.69, 9.17) is 4.98 Å². The molecule has 3 heterocycles. The van der Waals surface area contributed by atoms with E-state index in [1.807, 2.05) is 33.9 Å². The first-order valence-electron chi connectivity index (χ1n) is 8.42. The van der Waals surface area contributed by atoms with Crippen LogP contribution in [0.5, 0.6) is 0 Å². The zero-order valence-corrected chi connectivity index (χ0v) is 14.3. The summed E-state index contributed by atoms with van der Waals surface area (Å²) in [5, 5.41) is 1.08. The van der Waals surface area contributed by atoms with E-state index in [2.05, 4.69) is 11.1 Å². The summed E-state index contributed by atoms with van der Waals surface area (Å²) < 4.78 is 3.15. The summed E-state index contributed by atoms with van der Waals surface area (Å²) in [4.78, 5) is 23.6. The Hall–Kier alpha value is -2.21. The Labute approximate surface area is 145 Å². The Morgan fingerprint density at radius 1 is 1.29 bits per heavy atom. The molecule has 1 aliphatic rings. The summed E-state index contributed by atoms with van der Waals surface area (Å²) in [6.45, 7) is 1.52. The Bertz CT molecular complexity index is 794. The first-order chi connectivity index (χ1) is 11.8. The third-order valence-corrected chi connectivity index (χ3v) is 5.70. The minimum Gasteiger partial charge on any atom is -0.337 e. The summed E-state index contributed by atoms with van der Waals surface area (Å²) in [5.41, 5.74) is 1.04. The van der Waals surface area contributed by atoms with Gasteiger partial charge in [-0.05, 0) is 31.4 Å². The van der Waals surface area contributed by atoms with Gasteiger partial charge in [-0.1, -0.05) is 12.1 Å². The fraction of sp³-hybridized carbons (Fsp3) is 0.389. The quantitative estimate of drug-likeness (QED) is 0.728. The zero-order chi connectivity index (χ0) is 16.4. The Kier molecular flexibility index (Phi) is 4.30. The van der Waals surface area contributed by atoms with Crippen molar-refractivity contribution < 1.29 is 4.79 Å². The van der Waals surface area contributed by atoms with Crippen LogP contribution < -0.4 is 0 Å². The van der Waals surface area contributed by atoms with Gasteiger partial charge in [0.25, 0.3) is 0 Å². The largest absolute Gasteiger partial charge is 0.337 e. The molecule has 0 bridgehead atoms. The smallest absolute Gasteiger partial charge is 0.224 e. The summed E-state index contributed by atoms with van der Waals surface area (Å²) in [7, 11) is 0. The molecule has 124 valence electrons. The number of hydrogen-bond acceptors (Lipinski definition) is 4. The molecule has 0 saturated carbocycles. The van der Waals surface area contributed by atoms with Crippen molar-refractivity contribution in [1.82, 2.24) is 19.4 Å². The number of piperidine rings is 1. The minimum absolute atomic E-state index is 0.131. The van der Waals surface area contributed by atoms with Crippen molar-refractivity contribution in [2.45, 2.75) is 38.3 Å². The van der Waals surface area contributed by atoms with Crippen LogP contribution in [0.25, 0.3) is 10.2 Å². The highest BCUT2D eigenvalue weighted by atomic mass is 32.1. The maximum atomic E-state index is 12.8. The number of para-hydroxylation sites is 1. The molecule has 24 heavy (non-hydrogen) atoms. The average Bonchev–Trinajstić information content (AvgIpc) is 3.29. The maximum absolute atomic E-state index is 12.8. The van der Waals surface area contributed by atoms with Crippen molar-refractivity contribution >= 4 is 27.5 Å². The second-order valence-electron chi connectivity index (χ2n) is 6.17. The van der Waals surface area contributed by atoms with Crippen molar-refractivity contribution in [2.75, 3.05) is 6.54 Å². The second kappa shape index (κ2) is 6.73. The molecule has 0 N–H and O–H groups in total. The molecule has 5 nitrogen and oxygen atoms in total. The number of aromatic nitrogens is 3. The topological polar surface area (TPSA) is 51.0 Å². The van der Waals surface area contributed by atoms with Crippen molar-refractivity contribution in [3.63, 3.8) is 0 Å². The number of likely N-dealkylation sites (tertiary alicyclic amines) is 1. The monoisotopic (exact) mass is 340 g/mol. The molecule has 1 saturated heterocycles. The molecule has 4 rings (SSSR count). The molecule has 1 atom stereocenters. The molecular weight excluding hydrogens is 320 g/mol. The lowest BCUT2D eigenvalue weighted by molar-refractivity contribution is -0.135. The molecule has 0 spiro atoms. The van der Waals surface area contributed by atoms with Crippen LogP contribution in [0.2, 0.25) is 0 Å². The van der Waals surface area contributed by atoms with Crippen LogP contribution >= 0.6 is 11.3 Å². The molecule has 1 amide bonds. The Balaban J connectivity index is 1.52. The predicted molar refractivity (Wildman–Crippen MR) is 94.8 cm³/mol. The van der Waals surface area contributed by atoms with E-state index in [0.29, 0.717) is 13.0 Å². The van der Waals surface area contributed by atoms with E-state index in [-0.39, 0.29) is 11.9 Å². The molecule has 1 aromatic carbocycles. The van der Waals surface area contributed by atoms with Gasteiger partial charge >= 0.3 is 0 Å². The van der Waals surface area contributed by atoms with Crippen LogP contribution in [0.15, 0.2) is 43.0 Å². The number of thiazole rings is 1. The van der Waals surface area contributed by atoms with Gasteiger partial charge in [-0.2, -0.15) is 0 Å².